The maximum Gasteiger partial charge on any atom is 0.399 e. The number of aryl methyl sites for hydroxylation is 1. The van der Waals surface area contributed by atoms with Gasteiger partial charge in [-0.05, 0) is 89.6 Å². The molecule has 3 aromatic carbocycles. The summed E-state index contributed by atoms with van der Waals surface area (Å²) in [6.45, 7) is 12.4. The Balaban J connectivity index is 0.900. The molecule has 2 fully saturated rings. The number of nitrogens with zero attached hydrogens (tertiary/aromatic N) is 4. The van der Waals surface area contributed by atoms with Crippen molar-refractivity contribution in [2.45, 2.75) is 136 Å². The fraction of sp³-hybridized carbons (Fsp3) is 0.483. The van der Waals surface area contributed by atoms with Crippen molar-refractivity contribution in [1.82, 2.24) is 36.1 Å². The number of β-amino-alcohol motifs (C(OH)–C–C–N with tert-alkyl or cyclic N) is 1. The first-order valence-electron chi connectivity index (χ1n) is 27.4. The molecule has 7 amide bonds. The Kier molecular flexibility index (Phi) is 21.1. The van der Waals surface area contributed by atoms with Gasteiger partial charge >= 0.3 is 13.3 Å². The number of nitrogens with one attached hydrogen (secondary N) is 4. The summed E-state index contributed by atoms with van der Waals surface area (Å²) in [5.74, 6) is -3.53. The Morgan fingerprint density at radius 2 is 1.46 bits per heavy atom. The predicted octanol–water partition coefficient (Wildman–Crippen LogP) is 7.60. The lowest BCUT2D eigenvalue weighted by atomic mass is 9.85. The molecule has 0 bridgehead atoms. The summed E-state index contributed by atoms with van der Waals surface area (Å²) in [4.78, 5) is 125. The number of aliphatic hydroxyl groups is 1. The average molecular weight is 1290 g/mol. The van der Waals surface area contributed by atoms with E-state index in [1.54, 1.807) is 68.9 Å². The zero-order chi connectivity index (χ0) is 61.6. The number of hydrogen-bond donors (Lipinski definition) is 7. The summed E-state index contributed by atoms with van der Waals surface area (Å²) in [7, 11) is -4.31. The van der Waals surface area contributed by atoms with Crippen LogP contribution in [-0.4, -0.2) is 141 Å². The average Bonchev–Trinajstić information content (AvgIpc) is 4.25. The number of carbonyl (C=O) groups is 7. The Labute approximate surface area is 502 Å². The van der Waals surface area contributed by atoms with Gasteiger partial charge in [-0.3, -0.25) is 38.1 Å². The Morgan fingerprint density at radius 3 is 2.08 bits per heavy atom. The smallest absolute Gasteiger partial charge is 0.391 e. The number of rotatable bonds is 22. The Hall–Kier alpha value is -6.05. The zero-order valence-corrected chi connectivity index (χ0v) is 52.1. The zero-order valence-electron chi connectivity index (χ0n) is 48.0. The second-order valence-electron chi connectivity index (χ2n) is 23.4. The first-order valence-corrected chi connectivity index (χ1v) is 31.5. The van der Waals surface area contributed by atoms with Crippen molar-refractivity contribution in [3.8, 4) is 10.4 Å². The number of halogens is 3. The van der Waals surface area contributed by atoms with Crippen LogP contribution in [0.1, 0.15) is 107 Å². The van der Waals surface area contributed by atoms with E-state index < -0.39 is 108 Å². The number of anilines is 1. The number of fused-ring (bicyclic) bond motifs is 1. The molecule has 7 rings (SSSR count). The van der Waals surface area contributed by atoms with E-state index in [2.05, 4.69) is 42.2 Å². The number of unbranched alkanes of at least 4 members (excludes halogenated alkanes) is 2. The number of alkyl halides is 2. The van der Waals surface area contributed by atoms with E-state index in [9.17, 15) is 61.8 Å². The number of benzene rings is 3. The molecule has 0 radical (unpaired) electrons. The Morgan fingerprint density at radius 1 is 0.821 bits per heavy atom. The first kappa shape index (κ1) is 65.5. The molecule has 5 aromatic rings. The summed E-state index contributed by atoms with van der Waals surface area (Å²) in [6, 6.07) is 14.7. The molecule has 2 aliphatic heterocycles. The fourth-order valence-electron chi connectivity index (χ4n) is 10.0. The molecule has 0 spiro atoms. The molecular weight excluding hydrogens is 1210 g/mol. The second kappa shape index (κ2) is 27.1. The van der Waals surface area contributed by atoms with Crippen LogP contribution in [0, 0.1) is 17.8 Å². The van der Waals surface area contributed by atoms with Gasteiger partial charge in [0.1, 0.15) is 30.8 Å². The molecule has 2 saturated heterocycles. The van der Waals surface area contributed by atoms with Crippen molar-refractivity contribution in [2.24, 2.45) is 10.8 Å². The summed E-state index contributed by atoms with van der Waals surface area (Å²) in [5, 5.41) is 22.1. The third-order valence-corrected chi connectivity index (χ3v) is 18.4. The number of likely N-dealkylation sites (tertiary alicyclic amines) is 2. The number of thiophene rings is 1. The summed E-state index contributed by atoms with van der Waals surface area (Å²) >= 11 is 5.87. The van der Waals surface area contributed by atoms with Crippen molar-refractivity contribution < 1.29 is 66.5 Å². The number of aliphatic hydroxyl groups excluding tert-OH is 1. The van der Waals surface area contributed by atoms with Gasteiger partial charge in [-0.1, -0.05) is 94.2 Å². The first-order chi connectivity index (χ1) is 39.3. The number of carbonyl (C=O) groups excluding carboxylic acids is 7. The molecule has 0 saturated carbocycles. The van der Waals surface area contributed by atoms with Crippen LogP contribution in [0.15, 0.2) is 82.8 Å². The summed E-state index contributed by atoms with van der Waals surface area (Å²) in [6.07, 6.45) is -0.102. The maximum absolute atomic E-state index is 14.8. The standard InChI is InChI=1S/C58H72BrF2N8O12PS2/c1-33-48(83-32-64-33)35-15-13-34(14-16-35)28-63-51(73)42-26-40(70)29-68(42)54(76)49(56(2,3)4)65-46(71)12-10-9-11-23-62-47(72)31-81-41-27-43(53(75)67(8)39-20-18-38(59)19-21-39)69(30-41)55(77)50(57(5,6)7)66-52(74)45-25-36-24-37(17-22-44(36)84-45)58(60,61)82(78,79)80/h13-22,24-25,32,40-43,49-50,70H,9-12,23,26-31H2,1-8H3,(H,62,72)(H,63,73)(H,65,71)(H,66,74)(H2,78,79,80)/t40-,41-,42+,43+,49-,50-/m1/s1. The fourth-order valence-corrected chi connectivity index (χ4v) is 12.5. The van der Waals surface area contributed by atoms with Gasteiger partial charge in [-0.25, -0.2) is 4.98 Å². The number of thiazole rings is 1. The van der Waals surface area contributed by atoms with Crippen LogP contribution in [0.3, 0.4) is 0 Å². The monoisotopic (exact) mass is 1280 g/mol. The topological polar surface area (TPSA) is 277 Å². The number of hydrogen-bond acceptors (Lipinski definition) is 13. The molecule has 4 heterocycles. The molecule has 0 unspecified atom stereocenters. The minimum atomic E-state index is -5.87. The molecule has 454 valence electrons. The van der Waals surface area contributed by atoms with E-state index in [1.807, 2.05) is 52.0 Å². The summed E-state index contributed by atoms with van der Waals surface area (Å²) in [5.41, 5.74) is -1.97. The largest absolute Gasteiger partial charge is 0.399 e. The SMILES string of the molecule is Cc1ncsc1-c1ccc(CNC(=O)[C@@H]2C[C@@H](O)CN2C(=O)[C@@H](NC(=O)CCCCCNC(=O)CO[C@@H]2C[C@@H](C(=O)N(C)c3ccc(Br)cc3)N(C(=O)[C@@H](NC(=O)c3cc4cc(C(F)(F)P(=O)(O)O)ccc4s3)C(C)(C)C)C2)C(C)(C)C)cc1. The molecular formula is C58H72BrF2N8O12PS2. The lowest BCUT2D eigenvalue weighted by Crippen LogP contribution is -2.57. The highest BCUT2D eigenvalue weighted by atomic mass is 79.9. The van der Waals surface area contributed by atoms with Crippen LogP contribution in [0.25, 0.3) is 20.5 Å². The van der Waals surface area contributed by atoms with Crippen molar-refractivity contribution in [3.63, 3.8) is 0 Å². The van der Waals surface area contributed by atoms with Crippen LogP contribution in [0.4, 0.5) is 14.5 Å². The third-order valence-electron chi connectivity index (χ3n) is 14.8. The van der Waals surface area contributed by atoms with Crippen molar-refractivity contribution in [1.29, 1.82) is 0 Å². The normalized spacial score (nSPS) is 18.3. The van der Waals surface area contributed by atoms with Gasteiger partial charge in [0, 0.05) is 72.9 Å². The van der Waals surface area contributed by atoms with Crippen LogP contribution in [0.2, 0.25) is 0 Å². The van der Waals surface area contributed by atoms with E-state index >= 15 is 0 Å². The number of ether oxygens (including phenoxy) is 1. The van der Waals surface area contributed by atoms with Gasteiger partial charge in [0.25, 0.3) is 5.91 Å². The van der Waals surface area contributed by atoms with Gasteiger partial charge in [-0.2, -0.15) is 8.78 Å². The molecule has 84 heavy (non-hydrogen) atoms. The Bertz CT molecular complexity index is 3270. The van der Waals surface area contributed by atoms with Crippen molar-refractivity contribution in [3.05, 3.63) is 104 Å². The van der Waals surface area contributed by atoms with Crippen LogP contribution in [0.5, 0.6) is 0 Å². The molecule has 20 nitrogen and oxygen atoms in total. The number of likely N-dealkylation sites (N-methyl/N-ethyl adjacent to an activating group) is 1. The highest BCUT2D eigenvalue weighted by Crippen LogP contribution is 2.59. The van der Waals surface area contributed by atoms with Crippen LogP contribution >= 0.6 is 46.2 Å². The van der Waals surface area contributed by atoms with Gasteiger partial charge in [-0.15, -0.1) is 22.7 Å². The molecule has 2 aliphatic rings. The molecule has 26 heteroatoms. The predicted molar refractivity (Wildman–Crippen MR) is 319 cm³/mol. The van der Waals surface area contributed by atoms with E-state index in [4.69, 9.17) is 4.74 Å². The van der Waals surface area contributed by atoms with Gasteiger partial charge in [0.15, 0.2) is 0 Å². The van der Waals surface area contributed by atoms with Gasteiger partial charge < -0.3 is 55.6 Å². The molecule has 6 atom stereocenters. The van der Waals surface area contributed by atoms with Crippen LogP contribution < -0.4 is 26.2 Å². The van der Waals surface area contributed by atoms with Crippen molar-refractivity contribution >= 4 is 103 Å². The quantitative estimate of drug-likeness (QED) is 0.0260. The third kappa shape index (κ3) is 16.1. The lowest BCUT2D eigenvalue weighted by Gasteiger charge is -2.36. The van der Waals surface area contributed by atoms with E-state index in [0.29, 0.717) is 29.6 Å². The van der Waals surface area contributed by atoms with Crippen molar-refractivity contribution in [2.75, 3.05) is 38.2 Å². The lowest BCUT2D eigenvalue weighted by molar-refractivity contribution is -0.144. The van der Waals surface area contributed by atoms with E-state index in [-0.39, 0.29) is 61.6 Å². The highest BCUT2D eigenvalue weighted by molar-refractivity contribution is 9.10. The number of aromatic nitrogens is 1. The van der Waals surface area contributed by atoms with E-state index in [0.717, 1.165) is 49.6 Å². The second-order valence-corrected chi connectivity index (χ2v) is 27.9. The summed E-state index contributed by atoms with van der Waals surface area (Å²) < 4.78 is 47.9. The molecule has 7 N–H and O–H groups in total. The highest BCUT2D eigenvalue weighted by Gasteiger charge is 2.51. The minimum Gasteiger partial charge on any atom is -0.391 e. The molecule has 2 aromatic heterocycles. The maximum atomic E-state index is 14.8. The van der Waals surface area contributed by atoms with Gasteiger partial charge in [0.05, 0.1) is 33.2 Å². The van der Waals surface area contributed by atoms with E-state index in [1.165, 1.54) is 26.8 Å². The number of amides is 7. The van der Waals surface area contributed by atoms with Crippen LogP contribution in [-0.2, 0) is 50.3 Å². The molecule has 0 aliphatic carbocycles. The minimum absolute atomic E-state index is 0.00587. The van der Waals surface area contributed by atoms with Gasteiger partial charge in [0.2, 0.25) is 35.4 Å².